The van der Waals surface area contributed by atoms with Crippen molar-refractivity contribution in [3.05, 3.63) is 42.5 Å². The van der Waals surface area contributed by atoms with Gasteiger partial charge in [-0.3, -0.25) is 4.79 Å². The summed E-state index contributed by atoms with van der Waals surface area (Å²) < 4.78 is 0. The van der Waals surface area contributed by atoms with Gasteiger partial charge < -0.3 is 9.80 Å². The number of likely N-dealkylation sites (tertiary alicyclic amines) is 1. The van der Waals surface area contributed by atoms with Crippen LogP contribution in [0.3, 0.4) is 0 Å². The third-order valence-electron chi connectivity index (χ3n) is 6.63. The Hall–Kier alpha value is -2.43. The zero-order chi connectivity index (χ0) is 19.0. The van der Waals surface area contributed by atoms with E-state index < -0.39 is 0 Å². The summed E-state index contributed by atoms with van der Waals surface area (Å²) in [5.41, 5.74) is 2.23. The van der Waals surface area contributed by atoms with Crippen molar-refractivity contribution in [3.8, 4) is 11.3 Å². The fraction of sp³-hybridized carbons (Fsp3) is 0.522. The van der Waals surface area contributed by atoms with Gasteiger partial charge in [0.25, 0.3) is 0 Å². The quantitative estimate of drug-likeness (QED) is 0.815. The molecular formula is C23H28N4O. The molecule has 1 aliphatic carbocycles. The third kappa shape index (κ3) is 3.62. The SMILES string of the molecule is O=C1CCC2(CCCN(c3ccc(-c4ccccc4)nn3)C2)CN1CC1CC1. The van der Waals surface area contributed by atoms with Crippen molar-refractivity contribution in [1.29, 1.82) is 0 Å². The van der Waals surface area contributed by atoms with Crippen LogP contribution in [0.5, 0.6) is 0 Å². The van der Waals surface area contributed by atoms with E-state index in [0.717, 1.165) is 62.0 Å². The van der Waals surface area contributed by atoms with Crippen molar-refractivity contribution in [2.24, 2.45) is 11.3 Å². The molecular weight excluding hydrogens is 348 g/mol. The molecule has 2 aromatic rings. The molecule has 1 atom stereocenters. The number of anilines is 1. The van der Waals surface area contributed by atoms with Gasteiger partial charge in [0.15, 0.2) is 5.82 Å². The third-order valence-corrected chi connectivity index (χ3v) is 6.63. The first-order valence-corrected chi connectivity index (χ1v) is 10.6. The number of amides is 1. The summed E-state index contributed by atoms with van der Waals surface area (Å²) in [6, 6.07) is 14.4. The van der Waals surface area contributed by atoms with Crippen LogP contribution in [-0.4, -0.2) is 47.2 Å². The summed E-state index contributed by atoms with van der Waals surface area (Å²) in [4.78, 5) is 16.9. The summed E-state index contributed by atoms with van der Waals surface area (Å²) >= 11 is 0. The average molecular weight is 377 g/mol. The van der Waals surface area contributed by atoms with Crippen LogP contribution in [0.2, 0.25) is 0 Å². The molecule has 146 valence electrons. The first-order chi connectivity index (χ1) is 13.7. The van der Waals surface area contributed by atoms with E-state index in [1.165, 1.54) is 19.3 Å². The number of hydrogen-bond donors (Lipinski definition) is 0. The maximum atomic E-state index is 12.4. The van der Waals surface area contributed by atoms with Crippen molar-refractivity contribution in [1.82, 2.24) is 15.1 Å². The van der Waals surface area contributed by atoms with Crippen LogP contribution >= 0.6 is 0 Å². The number of rotatable bonds is 4. The maximum absolute atomic E-state index is 12.4. The molecule has 2 saturated heterocycles. The molecule has 1 spiro atoms. The van der Waals surface area contributed by atoms with Crippen LogP contribution in [0, 0.1) is 11.3 Å². The molecule has 3 aliphatic rings. The zero-order valence-corrected chi connectivity index (χ0v) is 16.4. The van der Waals surface area contributed by atoms with Gasteiger partial charge in [-0.1, -0.05) is 30.3 Å². The van der Waals surface area contributed by atoms with Gasteiger partial charge in [-0.2, -0.15) is 0 Å². The van der Waals surface area contributed by atoms with E-state index in [-0.39, 0.29) is 5.41 Å². The van der Waals surface area contributed by atoms with Gasteiger partial charge >= 0.3 is 0 Å². The van der Waals surface area contributed by atoms with Gasteiger partial charge in [-0.25, -0.2) is 0 Å². The topological polar surface area (TPSA) is 49.3 Å². The lowest BCUT2D eigenvalue weighted by molar-refractivity contribution is -0.138. The van der Waals surface area contributed by atoms with Gasteiger partial charge in [0, 0.05) is 43.6 Å². The lowest BCUT2D eigenvalue weighted by Crippen LogP contribution is -2.54. The van der Waals surface area contributed by atoms with Crippen LogP contribution in [0.4, 0.5) is 5.82 Å². The second kappa shape index (κ2) is 7.19. The van der Waals surface area contributed by atoms with Crippen LogP contribution < -0.4 is 4.90 Å². The second-order valence-electron chi connectivity index (χ2n) is 8.89. The van der Waals surface area contributed by atoms with Crippen LogP contribution in [0.15, 0.2) is 42.5 Å². The van der Waals surface area contributed by atoms with Crippen molar-refractivity contribution in [2.75, 3.05) is 31.1 Å². The molecule has 5 nitrogen and oxygen atoms in total. The Morgan fingerprint density at radius 3 is 2.61 bits per heavy atom. The highest BCUT2D eigenvalue weighted by molar-refractivity contribution is 5.77. The van der Waals surface area contributed by atoms with Crippen molar-refractivity contribution in [3.63, 3.8) is 0 Å². The fourth-order valence-corrected chi connectivity index (χ4v) is 4.87. The van der Waals surface area contributed by atoms with E-state index in [1.54, 1.807) is 0 Å². The van der Waals surface area contributed by atoms with E-state index in [0.29, 0.717) is 12.3 Å². The van der Waals surface area contributed by atoms with E-state index in [2.05, 4.69) is 44.3 Å². The highest BCUT2D eigenvalue weighted by Gasteiger charge is 2.43. The number of carbonyl (C=O) groups is 1. The van der Waals surface area contributed by atoms with E-state index in [1.807, 2.05) is 18.2 Å². The molecule has 1 unspecified atom stereocenters. The molecule has 5 rings (SSSR count). The Kier molecular flexibility index (Phi) is 4.53. The number of nitrogens with zero attached hydrogens (tertiary/aromatic N) is 4. The fourth-order valence-electron chi connectivity index (χ4n) is 4.87. The highest BCUT2D eigenvalue weighted by atomic mass is 16.2. The molecule has 3 fully saturated rings. The second-order valence-corrected chi connectivity index (χ2v) is 8.89. The first kappa shape index (κ1) is 17.7. The molecule has 1 aromatic heterocycles. The Labute approximate surface area is 166 Å². The normalized spacial score (nSPS) is 25.4. The maximum Gasteiger partial charge on any atom is 0.222 e. The summed E-state index contributed by atoms with van der Waals surface area (Å²) in [6.45, 7) is 3.92. The monoisotopic (exact) mass is 376 g/mol. The molecule has 3 heterocycles. The Balaban J connectivity index is 1.30. The largest absolute Gasteiger partial charge is 0.355 e. The Bertz CT molecular complexity index is 833. The minimum absolute atomic E-state index is 0.223. The molecule has 1 aromatic carbocycles. The molecule has 0 radical (unpaired) electrons. The number of benzene rings is 1. The minimum Gasteiger partial charge on any atom is -0.355 e. The van der Waals surface area contributed by atoms with E-state index in [4.69, 9.17) is 0 Å². The number of piperidine rings is 2. The predicted octanol–water partition coefficient (Wildman–Crippen LogP) is 3.76. The number of carbonyl (C=O) groups excluding carboxylic acids is 1. The van der Waals surface area contributed by atoms with Gasteiger partial charge in [-0.15, -0.1) is 10.2 Å². The smallest absolute Gasteiger partial charge is 0.222 e. The summed E-state index contributed by atoms with van der Waals surface area (Å²) in [5.74, 6) is 2.08. The Morgan fingerprint density at radius 1 is 1.00 bits per heavy atom. The lowest BCUT2D eigenvalue weighted by atomic mass is 9.73. The van der Waals surface area contributed by atoms with Gasteiger partial charge in [0.2, 0.25) is 5.91 Å². The molecule has 28 heavy (non-hydrogen) atoms. The standard InChI is InChI=1S/C23H28N4O/c28-22-11-13-23(17-27(22)15-18-7-8-18)12-4-14-26(16-23)21-10-9-20(24-25-21)19-5-2-1-3-6-19/h1-3,5-6,9-10,18H,4,7-8,11-17H2. The predicted molar refractivity (Wildman–Crippen MR) is 110 cm³/mol. The molecule has 1 amide bonds. The van der Waals surface area contributed by atoms with Gasteiger partial charge in [-0.05, 0) is 50.2 Å². The van der Waals surface area contributed by atoms with Crippen LogP contribution in [0.1, 0.15) is 38.5 Å². The zero-order valence-electron chi connectivity index (χ0n) is 16.4. The number of hydrogen-bond acceptors (Lipinski definition) is 4. The van der Waals surface area contributed by atoms with Gasteiger partial charge in [0.05, 0.1) is 5.69 Å². The molecule has 0 bridgehead atoms. The molecule has 0 N–H and O–H groups in total. The van der Waals surface area contributed by atoms with Crippen LogP contribution in [0.25, 0.3) is 11.3 Å². The van der Waals surface area contributed by atoms with Crippen molar-refractivity contribution < 1.29 is 4.79 Å². The molecule has 2 aliphatic heterocycles. The highest BCUT2D eigenvalue weighted by Crippen LogP contribution is 2.41. The average Bonchev–Trinajstić information content (AvgIpc) is 3.56. The van der Waals surface area contributed by atoms with Crippen molar-refractivity contribution in [2.45, 2.75) is 38.5 Å². The Morgan fingerprint density at radius 2 is 1.86 bits per heavy atom. The lowest BCUT2D eigenvalue weighted by Gasteiger charge is -2.48. The minimum atomic E-state index is 0.223. The molecule has 5 heteroatoms. The van der Waals surface area contributed by atoms with Gasteiger partial charge in [0.1, 0.15) is 0 Å². The summed E-state index contributed by atoms with van der Waals surface area (Å²) in [5, 5.41) is 9.02. The van der Waals surface area contributed by atoms with Crippen molar-refractivity contribution >= 4 is 11.7 Å². The van der Waals surface area contributed by atoms with E-state index in [9.17, 15) is 4.79 Å². The van der Waals surface area contributed by atoms with Crippen LogP contribution in [-0.2, 0) is 4.79 Å². The molecule has 1 saturated carbocycles. The number of aromatic nitrogens is 2. The first-order valence-electron chi connectivity index (χ1n) is 10.6. The summed E-state index contributed by atoms with van der Waals surface area (Å²) in [6.07, 6.45) is 6.69. The summed E-state index contributed by atoms with van der Waals surface area (Å²) in [7, 11) is 0. The van der Waals surface area contributed by atoms with E-state index >= 15 is 0 Å².